The van der Waals surface area contributed by atoms with Crippen molar-refractivity contribution >= 4 is 28.7 Å². The van der Waals surface area contributed by atoms with Crippen LogP contribution in [0.1, 0.15) is 26.3 Å². The summed E-state index contributed by atoms with van der Waals surface area (Å²) in [6, 6.07) is 12.8. The zero-order valence-electron chi connectivity index (χ0n) is 15.9. The summed E-state index contributed by atoms with van der Waals surface area (Å²) in [6.45, 7) is 0.203. The maximum atomic E-state index is 14.1. The van der Waals surface area contributed by atoms with Crippen LogP contribution < -0.4 is 11.3 Å². The lowest BCUT2D eigenvalue weighted by molar-refractivity contribution is 0.0695. The number of H-pyrrole nitrogens is 1. The summed E-state index contributed by atoms with van der Waals surface area (Å²) in [5.74, 6) is -3.88. The fourth-order valence-corrected chi connectivity index (χ4v) is 3.62. The molecule has 0 aliphatic rings. The smallest absolute Gasteiger partial charge is 0.342 e. The second-order valence-corrected chi connectivity index (χ2v) is 6.91. The SMILES string of the molecule is Nc1[nH]c(=O)c(C(=O)O)c(-c2ccc3ccn(Cc4ccccc4F)c3c2)c1C(=O)O. The van der Waals surface area contributed by atoms with Gasteiger partial charge in [-0.2, -0.15) is 0 Å². The quantitative estimate of drug-likeness (QED) is 0.390. The van der Waals surface area contributed by atoms with Gasteiger partial charge in [0.2, 0.25) is 0 Å². The van der Waals surface area contributed by atoms with Gasteiger partial charge in [0, 0.05) is 22.8 Å². The van der Waals surface area contributed by atoms with Crippen molar-refractivity contribution in [3.63, 3.8) is 0 Å². The molecule has 5 N–H and O–H groups in total. The van der Waals surface area contributed by atoms with Gasteiger partial charge in [-0.15, -0.1) is 0 Å². The number of rotatable bonds is 5. The van der Waals surface area contributed by atoms with Crippen LogP contribution in [0, 0.1) is 5.82 Å². The number of carboxylic acid groups (broad SMARTS) is 2. The minimum absolute atomic E-state index is 0.189. The summed E-state index contributed by atoms with van der Waals surface area (Å²) < 4.78 is 15.8. The number of carbonyl (C=O) groups is 2. The Morgan fingerprint density at radius 2 is 1.74 bits per heavy atom. The first-order valence-corrected chi connectivity index (χ1v) is 9.13. The van der Waals surface area contributed by atoms with Crippen LogP contribution in [0.3, 0.4) is 0 Å². The largest absolute Gasteiger partial charge is 0.478 e. The molecule has 0 fully saturated rings. The van der Waals surface area contributed by atoms with Crippen LogP contribution in [0.5, 0.6) is 0 Å². The van der Waals surface area contributed by atoms with Gasteiger partial charge in [0.25, 0.3) is 5.56 Å². The van der Waals surface area contributed by atoms with Crippen molar-refractivity contribution in [1.82, 2.24) is 9.55 Å². The number of benzene rings is 2. The fourth-order valence-electron chi connectivity index (χ4n) is 3.62. The molecule has 9 heteroatoms. The predicted octanol–water partition coefficient (Wildman–Crippen LogP) is 3.16. The van der Waals surface area contributed by atoms with Gasteiger partial charge in [-0.05, 0) is 29.1 Å². The van der Waals surface area contributed by atoms with E-state index in [4.69, 9.17) is 5.73 Å². The number of hydrogen-bond acceptors (Lipinski definition) is 4. The molecular formula is C22H16FN3O5. The first kappa shape index (κ1) is 19.9. The average Bonchev–Trinajstić information content (AvgIpc) is 3.10. The molecular weight excluding hydrogens is 405 g/mol. The first-order chi connectivity index (χ1) is 14.8. The number of nitrogens with one attached hydrogen (secondary N) is 1. The van der Waals surface area contributed by atoms with E-state index in [0.717, 1.165) is 5.39 Å². The summed E-state index contributed by atoms with van der Waals surface area (Å²) in [7, 11) is 0. The summed E-state index contributed by atoms with van der Waals surface area (Å²) in [4.78, 5) is 37.9. The van der Waals surface area contributed by atoms with E-state index in [9.17, 15) is 29.0 Å². The van der Waals surface area contributed by atoms with Crippen LogP contribution in [-0.4, -0.2) is 31.7 Å². The lowest BCUT2D eigenvalue weighted by Crippen LogP contribution is -2.24. The van der Waals surface area contributed by atoms with Gasteiger partial charge in [0.05, 0.1) is 6.54 Å². The van der Waals surface area contributed by atoms with E-state index in [1.165, 1.54) is 12.1 Å². The number of carboxylic acids is 2. The highest BCUT2D eigenvalue weighted by atomic mass is 19.1. The van der Waals surface area contributed by atoms with Gasteiger partial charge in [-0.3, -0.25) is 4.79 Å². The zero-order valence-corrected chi connectivity index (χ0v) is 15.9. The van der Waals surface area contributed by atoms with E-state index in [1.54, 1.807) is 47.2 Å². The molecule has 31 heavy (non-hydrogen) atoms. The normalized spacial score (nSPS) is 11.0. The van der Waals surface area contributed by atoms with Gasteiger partial charge in [-0.25, -0.2) is 14.0 Å². The molecule has 0 atom stereocenters. The summed E-state index contributed by atoms with van der Waals surface area (Å²) >= 11 is 0. The fraction of sp³-hybridized carbons (Fsp3) is 0.0455. The first-order valence-electron chi connectivity index (χ1n) is 9.13. The highest BCUT2D eigenvalue weighted by molar-refractivity contribution is 6.08. The van der Waals surface area contributed by atoms with Crippen LogP contribution in [-0.2, 0) is 6.54 Å². The number of anilines is 1. The molecule has 0 unspecified atom stereocenters. The minimum atomic E-state index is -1.58. The molecule has 0 aliphatic carbocycles. The number of nitrogens with zero attached hydrogens (tertiary/aromatic N) is 1. The van der Waals surface area contributed by atoms with E-state index in [1.807, 2.05) is 0 Å². The number of nitrogens with two attached hydrogens (primary N) is 1. The molecule has 4 aromatic rings. The predicted molar refractivity (Wildman–Crippen MR) is 112 cm³/mol. The Labute approximate surface area is 174 Å². The average molecular weight is 421 g/mol. The molecule has 156 valence electrons. The maximum Gasteiger partial charge on any atom is 0.342 e. The second-order valence-electron chi connectivity index (χ2n) is 6.91. The van der Waals surface area contributed by atoms with Crippen LogP contribution in [0.4, 0.5) is 10.2 Å². The van der Waals surface area contributed by atoms with Crippen molar-refractivity contribution in [3.8, 4) is 11.1 Å². The molecule has 0 saturated carbocycles. The van der Waals surface area contributed by atoms with E-state index < -0.39 is 34.4 Å². The van der Waals surface area contributed by atoms with E-state index in [0.29, 0.717) is 11.1 Å². The minimum Gasteiger partial charge on any atom is -0.478 e. The standard InChI is InChI=1S/C22H16FN3O5/c23-14-4-2-1-3-13(14)10-26-8-7-11-5-6-12(9-15(11)26)16-17(21(28)29)19(24)25-20(27)18(16)22(30)31/h1-9H,10H2,(H,28,29)(H,30,31)(H3,24,25,27). The highest BCUT2D eigenvalue weighted by Crippen LogP contribution is 2.32. The van der Waals surface area contributed by atoms with Crippen LogP contribution in [0.15, 0.2) is 59.5 Å². The van der Waals surface area contributed by atoms with Crippen molar-refractivity contribution in [2.75, 3.05) is 5.73 Å². The molecule has 4 rings (SSSR count). The zero-order chi connectivity index (χ0) is 22.3. The van der Waals surface area contributed by atoms with Gasteiger partial charge >= 0.3 is 11.9 Å². The third kappa shape index (κ3) is 3.42. The number of nitrogen functional groups attached to an aromatic ring is 1. The highest BCUT2D eigenvalue weighted by Gasteiger charge is 2.26. The second kappa shape index (κ2) is 7.45. The van der Waals surface area contributed by atoms with E-state index >= 15 is 0 Å². The Balaban J connectivity index is 1.96. The number of hydrogen-bond donors (Lipinski definition) is 4. The molecule has 2 aromatic carbocycles. The molecule has 2 heterocycles. The van der Waals surface area contributed by atoms with Crippen molar-refractivity contribution < 1.29 is 24.2 Å². The third-order valence-electron chi connectivity index (χ3n) is 5.03. The molecule has 2 aromatic heterocycles. The van der Waals surface area contributed by atoms with Gasteiger partial charge in [0.15, 0.2) is 0 Å². The summed E-state index contributed by atoms with van der Waals surface area (Å²) in [5.41, 5.74) is 4.40. The molecule has 0 aliphatic heterocycles. The lowest BCUT2D eigenvalue weighted by atomic mass is 9.95. The topological polar surface area (TPSA) is 138 Å². The van der Waals surface area contributed by atoms with E-state index in [-0.39, 0.29) is 23.5 Å². The van der Waals surface area contributed by atoms with Crippen LogP contribution in [0.2, 0.25) is 0 Å². The van der Waals surface area contributed by atoms with Crippen molar-refractivity contribution in [1.29, 1.82) is 0 Å². The Bertz CT molecular complexity index is 1420. The number of aromatic amines is 1. The number of aromatic carboxylic acids is 2. The number of fused-ring (bicyclic) bond motifs is 1. The Kier molecular flexibility index (Phi) is 4.78. The monoisotopic (exact) mass is 421 g/mol. The van der Waals surface area contributed by atoms with E-state index in [2.05, 4.69) is 4.98 Å². The Hall–Kier alpha value is -4.40. The number of aromatic nitrogens is 2. The van der Waals surface area contributed by atoms with Crippen LogP contribution >= 0.6 is 0 Å². The molecule has 0 bridgehead atoms. The summed E-state index contributed by atoms with van der Waals surface area (Å²) in [6.07, 6.45) is 1.74. The van der Waals surface area contributed by atoms with Gasteiger partial charge in [0.1, 0.15) is 22.8 Å². The molecule has 0 radical (unpaired) electrons. The number of pyridine rings is 1. The Morgan fingerprint density at radius 3 is 2.42 bits per heavy atom. The van der Waals surface area contributed by atoms with Gasteiger partial charge in [-0.1, -0.05) is 30.3 Å². The van der Waals surface area contributed by atoms with Crippen molar-refractivity contribution in [2.45, 2.75) is 6.54 Å². The summed E-state index contributed by atoms with van der Waals surface area (Å²) in [5, 5.41) is 19.9. The Morgan fingerprint density at radius 1 is 1.03 bits per heavy atom. The van der Waals surface area contributed by atoms with Crippen molar-refractivity contribution in [3.05, 3.63) is 87.6 Å². The molecule has 0 amide bonds. The molecule has 8 nitrogen and oxygen atoms in total. The van der Waals surface area contributed by atoms with Gasteiger partial charge < -0.3 is 25.5 Å². The lowest BCUT2D eigenvalue weighted by Gasteiger charge is -2.13. The van der Waals surface area contributed by atoms with Crippen LogP contribution in [0.25, 0.3) is 22.0 Å². The third-order valence-corrected chi connectivity index (χ3v) is 5.03. The van der Waals surface area contributed by atoms with Crippen molar-refractivity contribution in [2.24, 2.45) is 0 Å². The maximum absolute atomic E-state index is 14.1. The molecule has 0 saturated heterocycles. The molecule has 0 spiro atoms. The number of halogens is 1.